The van der Waals surface area contributed by atoms with Crippen molar-refractivity contribution in [3.05, 3.63) is 59.7 Å². The van der Waals surface area contributed by atoms with Gasteiger partial charge in [0.25, 0.3) is 11.8 Å². The highest BCUT2D eigenvalue weighted by Gasteiger charge is 2.12. The van der Waals surface area contributed by atoms with Gasteiger partial charge in [-0.2, -0.15) is 0 Å². The van der Waals surface area contributed by atoms with Gasteiger partial charge in [0.05, 0.1) is 6.54 Å². The van der Waals surface area contributed by atoms with Gasteiger partial charge in [-0.1, -0.05) is 32.0 Å². The van der Waals surface area contributed by atoms with Crippen LogP contribution >= 0.6 is 0 Å². The number of nitrogens with two attached hydrogens (primary N) is 1. The molecule has 28 heavy (non-hydrogen) atoms. The van der Waals surface area contributed by atoms with Gasteiger partial charge in [0.1, 0.15) is 5.75 Å². The van der Waals surface area contributed by atoms with E-state index in [9.17, 15) is 14.4 Å². The molecule has 0 spiro atoms. The number of ether oxygens (including phenoxy) is 1. The van der Waals surface area contributed by atoms with E-state index in [1.807, 2.05) is 24.3 Å². The average Bonchev–Trinajstić information content (AvgIpc) is 2.70. The quantitative estimate of drug-likeness (QED) is 0.617. The van der Waals surface area contributed by atoms with Crippen LogP contribution in [0, 0.1) is 0 Å². The molecule has 3 amide bonds. The molecule has 0 bridgehead atoms. The van der Waals surface area contributed by atoms with E-state index in [2.05, 4.69) is 24.5 Å². The predicted molar refractivity (Wildman–Crippen MR) is 107 cm³/mol. The molecule has 0 heterocycles. The highest BCUT2D eigenvalue weighted by atomic mass is 16.5. The van der Waals surface area contributed by atoms with Crippen molar-refractivity contribution in [2.75, 3.05) is 18.5 Å². The van der Waals surface area contributed by atoms with E-state index >= 15 is 0 Å². The molecule has 0 fully saturated rings. The third kappa shape index (κ3) is 6.12. The Bertz CT molecular complexity index is 834. The number of anilines is 1. The smallest absolute Gasteiger partial charge is 0.262 e. The van der Waals surface area contributed by atoms with Crippen molar-refractivity contribution in [3.8, 4) is 5.75 Å². The van der Waals surface area contributed by atoms with Crippen LogP contribution in [0.15, 0.2) is 48.5 Å². The summed E-state index contributed by atoms with van der Waals surface area (Å²) in [6.07, 6.45) is 0.978. The third-order valence-corrected chi connectivity index (χ3v) is 4.28. The van der Waals surface area contributed by atoms with Crippen LogP contribution in [0.25, 0.3) is 0 Å². The molecule has 2 aromatic rings. The fourth-order valence-corrected chi connectivity index (χ4v) is 2.55. The third-order valence-electron chi connectivity index (χ3n) is 4.28. The molecule has 7 heteroatoms. The minimum Gasteiger partial charge on any atom is -0.483 e. The van der Waals surface area contributed by atoms with Crippen molar-refractivity contribution in [2.24, 2.45) is 5.73 Å². The molecule has 7 nitrogen and oxygen atoms in total. The normalized spacial score (nSPS) is 11.4. The largest absolute Gasteiger partial charge is 0.483 e. The summed E-state index contributed by atoms with van der Waals surface area (Å²) in [5.41, 5.74) is 6.96. The summed E-state index contributed by atoms with van der Waals surface area (Å²) in [4.78, 5) is 34.7. The van der Waals surface area contributed by atoms with E-state index in [0.29, 0.717) is 22.9 Å². The Hall–Kier alpha value is -3.35. The van der Waals surface area contributed by atoms with E-state index in [0.717, 1.165) is 12.0 Å². The second-order valence-corrected chi connectivity index (χ2v) is 6.41. The second-order valence-electron chi connectivity index (χ2n) is 6.41. The minimum atomic E-state index is -0.618. The van der Waals surface area contributed by atoms with Crippen LogP contribution in [0.4, 0.5) is 5.69 Å². The lowest BCUT2D eigenvalue weighted by atomic mass is 9.98. The molecule has 0 saturated carbocycles. The Kier molecular flexibility index (Phi) is 7.56. The van der Waals surface area contributed by atoms with Crippen LogP contribution < -0.4 is 21.1 Å². The molecule has 4 N–H and O–H groups in total. The van der Waals surface area contributed by atoms with Gasteiger partial charge < -0.3 is 21.1 Å². The SMILES string of the molecule is CCC(C)c1ccccc1OCC(=O)Nc1ccc(C(=O)NCC(N)=O)cc1. The fourth-order valence-electron chi connectivity index (χ4n) is 2.55. The van der Waals surface area contributed by atoms with Crippen LogP contribution in [0.2, 0.25) is 0 Å². The zero-order chi connectivity index (χ0) is 20.5. The van der Waals surface area contributed by atoms with Gasteiger partial charge in [0, 0.05) is 11.3 Å². The van der Waals surface area contributed by atoms with Gasteiger partial charge >= 0.3 is 0 Å². The monoisotopic (exact) mass is 383 g/mol. The number of para-hydroxylation sites is 1. The van der Waals surface area contributed by atoms with Crippen LogP contribution in [0.5, 0.6) is 5.75 Å². The molecule has 0 radical (unpaired) electrons. The molecule has 0 saturated heterocycles. The zero-order valence-electron chi connectivity index (χ0n) is 16.0. The van der Waals surface area contributed by atoms with E-state index in [1.165, 1.54) is 0 Å². The van der Waals surface area contributed by atoms with Crippen molar-refractivity contribution in [3.63, 3.8) is 0 Å². The Morgan fingerprint density at radius 1 is 1.07 bits per heavy atom. The Morgan fingerprint density at radius 2 is 1.75 bits per heavy atom. The fraction of sp³-hybridized carbons (Fsp3) is 0.286. The van der Waals surface area contributed by atoms with Gasteiger partial charge in [-0.25, -0.2) is 0 Å². The molecule has 0 aliphatic rings. The van der Waals surface area contributed by atoms with Crippen molar-refractivity contribution >= 4 is 23.4 Å². The first kappa shape index (κ1) is 21.0. The summed E-state index contributed by atoms with van der Waals surface area (Å²) in [5, 5.41) is 5.12. The number of carbonyl (C=O) groups excluding carboxylic acids is 3. The first-order chi connectivity index (χ1) is 13.4. The van der Waals surface area contributed by atoms with Crippen molar-refractivity contribution in [1.82, 2.24) is 5.32 Å². The summed E-state index contributed by atoms with van der Waals surface area (Å²) in [5.74, 6) is -0.292. The number of nitrogens with one attached hydrogen (secondary N) is 2. The molecular weight excluding hydrogens is 358 g/mol. The lowest BCUT2D eigenvalue weighted by Gasteiger charge is -2.15. The number of amides is 3. The number of carbonyl (C=O) groups is 3. The highest BCUT2D eigenvalue weighted by molar-refractivity contribution is 5.97. The Balaban J connectivity index is 1.90. The van der Waals surface area contributed by atoms with Gasteiger partial charge in [0.2, 0.25) is 5.91 Å². The topological polar surface area (TPSA) is 111 Å². The molecule has 0 aromatic heterocycles. The number of hydrogen-bond acceptors (Lipinski definition) is 4. The molecular formula is C21H25N3O4. The molecule has 2 rings (SSSR count). The zero-order valence-corrected chi connectivity index (χ0v) is 16.0. The number of primary amides is 1. The van der Waals surface area contributed by atoms with Gasteiger partial charge in [-0.3, -0.25) is 14.4 Å². The lowest BCUT2D eigenvalue weighted by molar-refractivity contribution is -0.118. The molecule has 0 aliphatic heterocycles. The summed E-state index contributed by atoms with van der Waals surface area (Å²) >= 11 is 0. The number of hydrogen-bond donors (Lipinski definition) is 3. The maximum absolute atomic E-state index is 12.2. The average molecular weight is 383 g/mol. The van der Waals surface area contributed by atoms with Gasteiger partial charge in [0.15, 0.2) is 6.61 Å². The first-order valence-corrected chi connectivity index (χ1v) is 9.08. The molecule has 1 unspecified atom stereocenters. The molecule has 148 valence electrons. The Labute approximate surface area is 164 Å². The maximum Gasteiger partial charge on any atom is 0.262 e. The first-order valence-electron chi connectivity index (χ1n) is 9.08. The predicted octanol–water partition coefficient (Wildman–Crippen LogP) is 2.43. The highest BCUT2D eigenvalue weighted by Crippen LogP contribution is 2.28. The van der Waals surface area contributed by atoms with Crippen LogP contribution in [0.1, 0.15) is 42.1 Å². The van der Waals surface area contributed by atoms with Gasteiger partial charge in [-0.15, -0.1) is 0 Å². The Morgan fingerprint density at radius 3 is 2.39 bits per heavy atom. The summed E-state index contributed by atoms with van der Waals surface area (Å²) in [6.45, 7) is 3.87. The van der Waals surface area contributed by atoms with E-state index in [-0.39, 0.29) is 19.1 Å². The van der Waals surface area contributed by atoms with E-state index in [4.69, 9.17) is 10.5 Å². The summed E-state index contributed by atoms with van der Waals surface area (Å²) in [6, 6.07) is 14.0. The van der Waals surface area contributed by atoms with E-state index < -0.39 is 11.8 Å². The van der Waals surface area contributed by atoms with E-state index in [1.54, 1.807) is 24.3 Å². The van der Waals surface area contributed by atoms with Crippen molar-refractivity contribution in [2.45, 2.75) is 26.2 Å². The maximum atomic E-state index is 12.2. The van der Waals surface area contributed by atoms with Gasteiger partial charge in [-0.05, 0) is 48.2 Å². The van der Waals surface area contributed by atoms with Crippen LogP contribution in [-0.4, -0.2) is 30.9 Å². The standard InChI is InChI=1S/C21H25N3O4/c1-3-14(2)17-6-4-5-7-18(17)28-13-20(26)24-16-10-8-15(9-11-16)21(27)23-12-19(22)25/h4-11,14H,3,12-13H2,1-2H3,(H2,22,25)(H,23,27)(H,24,26). The van der Waals surface area contributed by atoms with Crippen molar-refractivity contribution in [1.29, 1.82) is 0 Å². The number of benzene rings is 2. The van der Waals surface area contributed by atoms with Crippen molar-refractivity contribution < 1.29 is 19.1 Å². The molecule has 0 aliphatic carbocycles. The molecule has 1 atom stereocenters. The molecule has 2 aromatic carbocycles. The van der Waals surface area contributed by atoms with Crippen LogP contribution in [0.3, 0.4) is 0 Å². The minimum absolute atomic E-state index is 0.117. The summed E-state index contributed by atoms with van der Waals surface area (Å²) < 4.78 is 5.69. The summed E-state index contributed by atoms with van der Waals surface area (Å²) in [7, 11) is 0. The lowest BCUT2D eigenvalue weighted by Crippen LogP contribution is -2.33. The number of rotatable bonds is 9. The second kappa shape index (κ2) is 10.1. The van der Waals surface area contributed by atoms with Crippen LogP contribution in [-0.2, 0) is 9.59 Å².